The van der Waals surface area contributed by atoms with Crippen LogP contribution in [0.5, 0.6) is 0 Å². The second-order valence-corrected chi connectivity index (χ2v) is 10.6. The number of ketones is 1. The third kappa shape index (κ3) is 9.42. The third-order valence-corrected chi connectivity index (χ3v) is 6.22. The summed E-state index contributed by atoms with van der Waals surface area (Å²) in [6.45, 7) is 0. The molecule has 0 aliphatic heterocycles. The van der Waals surface area contributed by atoms with Crippen molar-refractivity contribution in [3.05, 3.63) is 42.5 Å². The van der Waals surface area contributed by atoms with E-state index in [9.17, 15) is 36.0 Å². The van der Waals surface area contributed by atoms with Gasteiger partial charge in [0.2, 0.25) is 17.6 Å². The van der Waals surface area contributed by atoms with Crippen LogP contribution in [0.15, 0.2) is 42.5 Å². The molecule has 2 aromatic rings. The summed E-state index contributed by atoms with van der Waals surface area (Å²) in [5, 5.41) is 6.91. The van der Waals surface area contributed by atoms with Gasteiger partial charge in [0, 0.05) is 11.9 Å². The van der Waals surface area contributed by atoms with Crippen LogP contribution in [0.1, 0.15) is 12.8 Å². The van der Waals surface area contributed by atoms with Gasteiger partial charge >= 0.3 is 6.18 Å². The van der Waals surface area contributed by atoms with E-state index in [0.29, 0.717) is 5.69 Å². The summed E-state index contributed by atoms with van der Waals surface area (Å²) >= 11 is 0.797. The highest BCUT2D eigenvalue weighted by molar-refractivity contribution is 7.99. The normalized spacial score (nSPS) is 12.8. The molecule has 0 saturated heterocycles. The Kier molecular flexibility index (Phi) is 9.29. The van der Waals surface area contributed by atoms with Gasteiger partial charge < -0.3 is 5.32 Å². The van der Waals surface area contributed by atoms with Gasteiger partial charge in [-0.25, -0.2) is 8.42 Å². The van der Waals surface area contributed by atoms with E-state index in [1.807, 2.05) is 35.6 Å². The van der Waals surface area contributed by atoms with Gasteiger partial charge in [-0.2, -0.15) is 24.9 Å². The molecular formula is C21H23F3N2O5S2. The molecule has 12 heteroatoms. The van der Waals surface area contributed by atoms with E-state index < -0.39 is 51.2 Å². The van der Waals surface area contributed by atoms with Gasteiger partial charge in [-0.3, -0.25) is 19.7 Å². The predicted molar refractivity (Wildman–Crippen MR) is 122 cm³/mol. The first-order valence-electron chi connectivity index (χ1n) is 9.80. The van der Waals surface area contributed by atoms with E-state index >= 15 is 0 Å². The molecule has 0 aliphatic rings. The van der Waals surface area contributed by atoms with Crippen molar-refractivity contribution in [2.45, 2.75) is 25.1 Å². The van der Waals surface area contributed by atoms with Crippen LogP contribution in [0.3, 0.4) is 0 Å². The molecule has 0 fully saturated rings. The maximum atomic E-state index is 12.6. The van der Waals surface area contributed by atoms with Crippen molar-refractivity contribution in [1.82, 2.24) is 5.32 Å². The number of alkyl halides is 3. The van der Waals surface area contributed by atoms with E-state index in [1.54, 1.807) is 12.1 Å². The molecule has 0 saturated carbocycles. The Morgan fingerprint density at radius 1 is 1.06 bits per heavy atom. The molecule has 0 aliphatic carbocycles. The highest BCUT2D eigenvalue weighted by Crippen LogP contribution is 2.22. The first-order chi connectivity index (χ1) is 15.3. The number of Topliss-reactive ketones (excluding diaryl/α,β-unsaturated/α-hetero) is 1. The minimum Gasteiger partial charge on any atom is -0.374 e. The zero-order valence-corrected chi connectivity index (χ0v) is 19.3. The van der Waals surface area contributed by atoms with Crippen molar-refractivity contribution in [2.24, 2.45) is 0 Å². The van der Waals surface area contributed by atoms with Gasteiger partial charge in [-0.1, -0.05) is 30.3 Å². The highest BCUT2D eigenvalue weighted by Gasteiger charge is 2.37. The minimum atomic E-state index is -4.88. The standard InChI is InChI=1S/C21H23F3N2O5S2/c1-33(30,31)13-19(28)26-20(29)17(7-4-10-32-12-18(27)21(22,23)24)25-16-9-8-14-5-2-3-6-15(14)11-16/h2-3,5-6,8-9,11,17,25H,4,7,10,12-13H2,1H3,(H,26,28,29)/t17-/m0/s1. The van der Waals surface area contributed by atoms with Crippen LogP contribution >= 0.6 is 11.8 Å². The zero-order chi connectivity index (χ0) is 24.6. The van der Waals surface area contributed by atoms with Crippen molar-refractivity contribution in [3.63, 3.8) is 0 Å². The van der Waals surface area contributed by atoms with Crippen LogP contribution in [-0.4, -0.2) is 61.7 Å². The molecule has 0 heterocycles. The number of carbonyl (C=O) groups is 3. The summed E-state index contributed by atoms with van der Waals surface area (Å²) in [6.07, 6.45) is -3.61. The zero-order valence-electron chi connectivity index (χ0n) is 17.6. The highest BCUT2D eigenvalue weighted by atomic mass is 32.2. The first kappa shape index (κ1) is 26.7. The average Bonchev–Trinajstić information content (AvgIpc) is 2.70. The Morgan fingerprint density at radius 2 is 1.73 bits per heavy atom. The number of fused-ring (bicyclic) bond motifs is 1. The number of sulfone groups is 1. The maximum Gasteiger partial charge on any atom is 0.450 e. The van der Waals surface area contributed by atoms with Crippen LogP contribution in [0.25, 0.3) is 10.8 Å². The van der Waals surface area contributed by atoms with E-state index in [2.05, 4.69) is 5.32 Å². The van der Waals surface area contributed by atoms with E-state index in [4.69, 9.17) is 0 Å². The lowest BCUT2D eigenvalue weighted by Gasteiger charge is -2.19. The number of hydrogen-bond donors (Lipinski definition) is 2. The largest absolute Gasteiger partial charge is 0.450 e. The van der Waals surface area contributed by atoms with E-state index in [0.717, 1.165) is 28.8 Å². The quantitative estimate of drug-likeness (QED) is 0.453. The number of rotatable bonds is 11. The SMILES string of the molecule is CS(=O)(=O)CC(=O)NC(=O)[C@H](CCCSCC(=O)C(F)(F)F)Nc1ccc2ccccc2c1. The predicted octanol–water partition coefficient (Wildman–Crippen LogP) is 2.95. The van der Waals surface area contributed by atoms with E-state index in [-0.39, 0.29) is 18.6 Å². The summed E-state index contributed by atoms with van der Waals surface area (Å²) in [4.78, 5) is 35.4. The monoisotopic (exact) mass is 504 g/mol. The number of amides is 2. The molecule has 2 rings (SSSR count). The third-order valence-electron chi connectivity index (χ3n) is 4.39. The Hall–Kier alpha value is -2.60. The fourth-order valence-electron chi connectivity index (χ4n) is 2.88. The maximum absolute atomic E-state index is 12.6. The van der Waals surface area contributed by atoms with Crippen LogP contribution in [0, 0.1) is 0 Å². The summed E-state index contributed by atoms with van der Waals surface area (Å²) < 4.78 is 59.4. The molecule has 2 N–H and O–H groups in total. The minimum absolute atomic E-state index is 0.137. The molecule has 33 heavy (non-hydrogen) atoms. The summed E-state index contributed by atoms with van der Waals surface area (Å²) in [5.41, 5.74) is 0.573. The van der Waals surface area contributed by atoms with Gasteiger partial charge in [0.05, 0.1) is 5.75 Å². The fraction of sp³-hybridized carbons (Fsp3) is 0.381. The number of anilines is 1. The molecule has 0 unspecified atom stereocenters. The fourth-order valence-corrected chi connectivity index (χ4v) is 4.30. The number of halogens is 3. The molecule has 1 atom stereocenters. The first-order valence-corrected chi connectivity index (χ1v) is 13.0. The average molecular weight is 505 g/mol. The van der Waals surface area contributed by atoms with Crippen LogP contribution in [-0.2, 0) is 24.2 Å². The van der Waals surface area contributed by atoms with Crippen molar-refractivity contribution >= 4 is 55.7 Å². The number of nitrogens with one attached hydrogen (secondary N) is 2. The molecule has 180 valence electrons. The number of thioether (sulfide) groups is 1. The Bertz CT molecular complexity index is 1120. The summed E-state index contributed by atoms with van der Waals surface area (Å²) in [6, 6.07) is 11.9. The molecule has 0 bridgehead atoms. The molecule has 0 spiro atoms. The van der Waals surface area contributed by atoms with Gasteiger partial charge in [-0.05, 0) is 41.5 Å². The van der Waals surface area contributed by atoms with Crippen molar-refractivity contribution in [1.29, 1.82) is 0 Å². The summed E-state index contributed by atoms with van der Waals surface area (Å²) in [5.74, 6) is -4.95. The Balaban J connectivity index is 2.04. The molecular weight excluding hydrogens is 481 g/mol. The second kappa shape index (κ2) is 11.5. The molecule has 2 amide bonds. The smallest absolute Gasteiger partial charge is 0.374 e. The van der Waals surface area contributed by atoms with Gasteiger partial charge in [0.25, 0.3) is 0 Å². The number of hydrogen-bond acceptors (Lipinski definition) is 7. The van der Waals surface area contributed by atoms with Crippen LogP contribution in [0.2, 0.25) is 0 Å². The van der Waals surface area contributed by atoms with Crippen molar-refractivity contribution in [3.8, 4) is 0 Å². The molecule has 7 nitrogen and oxygen atoms in total. The molecule has 0 radical (unpaired) electrons. The van der Waals surface area contributed by atoms with Crippen LogP contribution < -0.4 is 10.6 Å². The Morgan fingerprint density at radius 3 is 2.36 bits per heavy atom. The van der Waals surface area contributed by atoms with Gasteiger partial charge in [0.15, 0.2) is 9.84 Å². The van der Waals surface area contributed by atoms with E-state index in [1.165, 1.54) is 0 Å². The number of carbonyl (C=O) groups excluding carboxylic acids is 3. The lowest BCUT2D eigenvalue weighted by atomic mass is 10.1. The van der Waals surface area contributed by atoms with Crippen LogP contribution in [0.4, 0.5) is 18.9 Å². The lowest BCUT2D eigenvalue weighted by Crippen LogP contribution is -2.44. The van der Waals surface area contributed by atoms with Crippen molar-refractivity contribution < 1.29 is 36.0 Å². The lowest BCUT2D eigenvalue weighted by molar-refractivity contribution is -0.167. The second-order valence-electron chi connectivity index (χ2n) is 7.36. The van der Waals surface area contributed by atoms with Gasteiger partial charge in [0.1, 0.15) is 11.8 Å². The molecule has 2 aromatic carbocycles. The topological polar surface area (TPSA) is 109 Å². The Labute approximate surface area is 193 Å². The van der Waals surface area contributed by atoms with Gasteiger partial charge in [-0.15, -0.1) is 0 Å². The number of benzene rings is 2. The molecule has 0 aromatic heterocycles. The number of imide groups is 1. The van der Waals surface area contributed by atoms with Crippen molar-refractivity contribution in [2.75, 3.05) is 28.8 Å². The summed E-state index contributed by atoms with van der Waals surface area (Å²) in [7, 11) is -3.63.